The summed E-state index contributed by atoms with van der Waals surface area (Å²) >= 11 is 6.29. The Labute approximate surface area is 205 Å². The van der Waals surface area contributed by atoms with E-state index in [-0.39, 0.29) is 11.5 Å². The number of rotatable bonds is 6. The summed E-state index contributed by atoms with van der Waals surface area (Å²) in [6, 6.07) is 16.6. The molecule has 4 rings (SSSR count). The molecule has 2 aromatic carbocycles. The maximum atomic E-state index is 12.9. The number of aromatic hydroxyl groups is 1. The fourth-order valence-electron chi connectivity index (χ4n) is 4.07. The molecule has 2 heterocycles. The van der Waals surface area contributed by atoms with E-state index in [0.29, 0.717) is 16.1 Å². The number of hydrogen-bond acceptors (Lipinski definition) is 7. The lowest BCUT2D eigenvalue weighted by Gasteiger charge is -2.27. The van der Waals surface area contributed by atoms with Gasteiger partial charge in [-0.25, -0.2) is 4.98 Å². The molecule has 2 N–H and O–H groups in total. The molecule has 1 amide bonds. The molecule has 0 radical (unpaired) electrons. The van der Waals surface area contributed by atoms with Crippen molar-refractivity contribution in [3.8, 4) is 11.8 Å². The number of hydrogen-bond donors (Lipinski definition) is 2. The van der Waals surface area contributed by atoms with Gasteiger partial charge in [0.1, 0.15) is 17.8 Å². The molecule has 0 saturated heterocycles. The van der Waals surface area contributed by atoms with Crippen molar-refractivity contribution in [1.82, 2.24) is 14.7 Å². The van der Waals surface area contributed by atoms with Crippen molar-refractivity contribution in [2.75, 3.05) is 5.32 Å². The average Bonchev–Trinajstić information content (AvgIpc) is 3.36. The van der Waals surface area contributed by atoms with Gasteiger partial charge in [0.25, 0.3) is 11.5 Å². The Bertz CT molecular complexity index is 1480. The number of anilines is 1. The van der Waals surface area contributed by atoms with Crippen LogP contribution in [0.4, 0.5) is 5.69 Å². The topological polar surface area (TPSA) is 134 Å². The molecule has 0 spiro atoms. The number of halogens is 1. The van der Waals surface area contributed by atoms with Crippen LogP contribution in [0.3, 0.4) is 0 Å². The Morgan fingerprint density at radius 3 is 2.66 bits per heavy atom. The van der Waals surface area contributed by atoms with E-state index >= 15 is 0 Å². The van der Waals surface area contributed by atoms with Crippen molar-refractivity contribution in [1.29, 1.82) is 5.26 Å². The van der Waals surface area contributed by atoms with Crippen LogP contribution in [-0.4, -0.2) is 25.7 Å². The molecule has 0 aliphatic heterocycles. The quantitative estimate of drug-likeness (QED) is 0.414. The molecule has 0 bridgehead atoms. The fourth-order valence-corrected chi connectivity index (χ4v) is 4.25. The van der Waals surface area contributed by atoms with Crippen LogP contribution in [0.1, 0.15) is 51.8 Å². The number of nitrogens with one attached hydrogen (secondary N) is 1. The molecule has 4 aromatic rings. The highest BCUT2D eigenvalue weighted by molar-refractivity contribution is 6.30. The summed E-state index contributed by atoms with van der Waals surface area (Å²) in [5.41, 5.74) is 0.953. The number of carbonyl (C=O) groups excluding carboxylic acids is 1. The summed E-state index contributed by atoms with van der Waals surface area (Å²) in [5, 5.41) is 26.6. The first-order valence-electron chi connectivity index (χ1n) is 10.6. The van der Waals surface area contributed by atoms with Gasteiger partial charge in [0.05, 0.1) is 17.8 Å². The van der Waals surface area contributed by atoms with Crippen LogP contribution in [0.25, 0.3) is 0 Å². The molecule has 176 valence electrons. The molecule has 0 aliphatic rings. The molecule has 0 fully saturated rings. The van der Waals surface area contributed by atoms with Crippen LogP contribution in [0.5, 0.6) is 5.75 Å². The number of nitriles is 1. The van der Waals surface area contributed by atoms with Gasteiger partial charge in [-0.1, -0.05) is 54.0 Å². The Morgan fingerprint density at radius 2 is 2.00 bits per heavy atom. The highest BCUT2D eigenvalue weighted by Gasteiger charge is 2.30. The summed E-state index contributed by atoms with van der Waals surface area (Å²) in [5.74, 6) is -2.30. The lowest BCUT2D eigenvalue weighted by Crippen LogP contribution is -2.29. The number of aromatic nitrogens is 3. The van der Waals surface area contributed by atoms with E-state index < -0.39 is 34.7 Å². The van der Waals surface area contributed by atoms with Gasteiger partial charge in [-0.2, -0.15) is 5.26 Å². The standard InChI is InChI=1S/C25H20ClN5O4/c1-14(20(15-6-4-3-5-7-15)19-10-17(26)9-8-16(19)11-27)23-30-21(22(32)25(34)31(23)2)24(33)29-18-12-28-35-13-18/h3-10,12-14,20,32H,1-2H3,(H,29,33)/t14-,20+/m1/s1. The summed E-state index contributed by atoms with van der Waals surface area (Å²) in [6.45, 7) is 1.83. The minimum absolute atomic E-state index is 0.237. The van der Waals surface area contributed by atoms with E-state index in [1.807, 2.05) is 37.3 Å². The van der Waals surface area contributed by atoms with Crippen LogP contribution in [0, 0.1) is 11.3 Å². The van der Waals surface area contributed by atoms with E-state index in [0.717, 1.165) is 5.56 Å². The second-order valence-corrected chi connectivity index (χ2v) is 8.36. The van der Waals surface area contributed by atoms with Crippen LogP contribution >= 0.6 is 11.6 Å². The first kappa shape index (κ1) is 23.7. The summed E-state index contributed by atoms with van der Waals surface area (Å²) in [7, 11) is 1.47. The third-order valence-electron chi connectivity index (χ3n) is 5.74. The summed E-state index contributed by atoms with van der Waals surface area (Å²) < 4.78 is 5.89. The molecule has 2 atom stereocenters. The van der Waals surface area contributed by atoms with Crippen LogP contribution in [-0.2, 0) is 7.05 Å². The zero-order valence-corrected chi connectivity index (χ0v) is 19.5. The molecule has 9 nitrogen and oxygen atoms in total. The Morgan fingerprint density at radius 1 is 1.26 bits per heavy atom. The molecule has 10 heteroatoms. The maximum absolute atomic E-state index is 12.9. The van der Waals surface area contributed by atoms with Crippen LogP contribution < -0.4 is 10.9 Å². The van der Waals surface area contributed by atoms with Crippen molar-refractivity contribution < 1.29 is 14.4 Å². The highest BCUT2D eigenvalue weighted by atomic mass is 35.5. The molecule has 0 saturated carbocycles. The normalized spacial score (nSPS) is 12.5. The molecule has 0 aliphatic carbocycles. The average molecular weight is 490 g/mol. The number of amides is 1. The SMILES string of the molecule is C[C@@H](c1nc(C(=O)Nc2cnoc2)c(O)c(=O)n1C)[C@@H](c1ccccc1)c1cc(Cl)ccc1C#N. The van der Waals surface area contributed by atoms with Gasteiger partial charge in [-0.3, -0.25) is 14.2 Å². The minimum Gasteiger partial charge on any atom is -0.501 e. The van der Waals surface area contributed by atoms with Crippen molar-refractivity contribution >= 4 is 23.2 Å². The van der Waals surface area contributed by atoms with Crippen LogP contribution in [0.2, 0.25) is 5.02 Å². The first-order valence-corrected chi connectivity index (χ1v) is 10.9. The third-order valence-corrected chi connectivity index (χ3v) is 5.98. The zero-order valence-electron chi connectivity index (χ0n) is 18.8. The van der Waals surface area contributed by atoms with Crippen LogP contribution in [0.15, 0.2) is 70.3 Å². The second kappa shape index (κ2) is 9.83. The maximum Gasteiger partial charge on any atom is 0.296 e. The van der Waals surface area contributed by atoms with Gasteiger partial charge < -0.3 is 14.9 Å². The predicted octanol–water partition coefficient (Wildman–Crippen LogP) is 4.19. The van der Waals surface area contributed by atoms with Gasteiger partial charge in [0.2, 0.25) is 5.75 Å². The van der Waals surface area contributed by atoms with Gasteiger partial charge in [-0.05, 0) is 29.3 Å². The largest absolute Gasteiger partial charge is 0.501 e. The van der Waals surface area contributed by atoms with Crippen molar-refractivity contribution in [2.45, 2.75) is 18.8 Å². The van der Waals surface area contributed by atoms with E-state index in [4.69, 9.17) is 16.1 Å². The first-order chi connectivity index (χ1) is 16.8. The molecular formula is C25H20ClN5O4. The van der Waals surface area contributed by atoms with E-state index in [1.165, 1.54) is 24.1 Å². The number of carbonyl (C=O) groups is 1. The minimum atomic E-state index is -0.798. The smallest absolute Gasteiger partial charge is 0.296 e. The van der Waals surface area contributed by atoms with Gasteiger partial charge in [0, 0.05) is 23.9 Å². The van der Waals surface area contributed by atoms with E-state index in [1.54, 1.807) is 18.2 Å². The highest BCUT2D eigenvalue weighted by Crippen LogP contribution is 2.40. The number of benzene rings is 2. The summed E-state index contributed by atoms with van der Waals surface area (Å²) in [6.07, 6.45) is 2.47. The van der Waals surface area contributed by atoms with Crippen molar-refractivity contribution in [2.24, 2.45) is 7.05 Å². The molecule has 2 aromatic heterocycles. The zero-order chi connectivity index (χ0) is 25.1. The molecule has 35 heavy (non-hydrogen) atoms. The van der Waals surface area contributed by atoms with Crippen molar-refractivity contribution in [3.05, 3.63) is 105 Å². The Kier molecular flexibility index (Phi) is 6.66. The van der Waals surface area contributed by atoms with Gasteiger partial charge in [-0.15, -0.1) is 0 Å². The van der Waals surface area contributed by atoms with E-state index in [9.17, 15) is 20.0 Å². The second-order valence-electron chi connectivity index (χ2n) is 7.92. The Balaban J connectivity index is 1.88. The van der Waals surface area contributed by atoms with Gasteiger partial charge >= 0.3 is 0 Å². The number of nitrogens with zero attached hydrogens (tertiary/aromatic N) is 4. The third kappa shape index (κ3) is 4.65. The molecule has 0 unspecified atom stereocenters. The Hall–Kier alpha value is -4.42. The lowest BCUT2D eigenvalue weighted by atomic mass is 9.79. The van der Waals surface area contributed by atoms with Crippen molar-refractivity contribution in [3.63, 3.8) is 0 Å². The summed E-state index contributed by atoms with van der Waals surface area (Å²) in [4.78, 5) is 30.1. The monoisotopic (exact) mass is 489 g/mol. The van der Waals surface area contributed by atoms with E-state index in [2.05, 4.69) is 21.5 Å². The lowest BCUT2D eigenvalue weighted by molar-refractivity contribution is 0.101. The fraction of sp³-hybridized carbons (Fsp3) is 0.160. The molecular weight excluding hydrogens is 470 g/mol. The van der Waals surface area contributed by atoms with Gasteiger partial charge in [0.15, 0.2) is 5.69 Å². The predicted molar refractivity (Wildman–Crippen MR) is 128 cm³/mol.